The number of nitro groups is 1. The maximum absolute atomic E-state index is 13.7. The Morgan fingerprint density at radius 3 is 2.91 bits per heavy atom. The van der Waals surface area contributed by atoms with Crippen LogP contribution in [0.3, 0.4) is 0 Å². The minimum absolute atomic E-state index is 0.128. The molecule has 1 aliphatic heterocycles. The molecule has 1 fully saturated rings. The van der Waals surface area contributed by atoms with Gasteiger partial charge in [-0.3, -0.25) is 19.7 Å². The highest BCUT2D eigenvalue weighted by atomic mass is 32.2. The highest BCUT2D eigenvalue weighted by Crippen LogP contribution is 2.25. The van der Waals surface area contributed by atoms with Gasteiger partial charge < -0.3 is 10.2 Å². The summed E-state index contributed by atoms with van der Waals surface area (Å²) in [4.78, 5) is 35.8. The van der Waals surface area contributed by atoms with Crippen molar-refractivity contribution in [1.82, 2.24) is 4.90 Å². The molecule has 124 valence electrons. The van der Waals surface area contributed by atoms with Crippen LogP contribution in [0.4, 0.5) is 15.8 Å². The Morgan fingerprint density at radius 2 is 2.26 bits per heavy atom. The number of halogens is 1. The predicted octanol–water partition coefficient (Wildman–Crippen LogP) is 2.37. The smallest absolute Gasteiger partial charge is 0.271 e. The molecule has 1 atom stereocenters. The second kappa shape index (κ2) is 7.40. The van der Waals surface area contributed by atoms with Crippen LogP contribution in [0.25, 0.3) is 0 Å². The zero-order chi connectivity index (χ0) is 17.0. The number of benzene rings is 1. The first kappa shape index (κ1) is 17.2. The number of hydrogen-bond acceptors (Lipinski definition) is 5. The third-order valence-corrected chi connectivity index (χ3v) is 4.40. The number of amides is 2. The summed E-state index contributed by atoms with van der Waals surface area (Å²) in [6, 6.07) is 2.22. The van der Waals surface area contributed by atoms with Crippen molar-refractivity contribution in [3.05, 3.63) is 34.1 Å². The molecular formula is C14H16FN3O4S. The molecular weight excluding hydrogens is 325 g/mol. The fourth-order valence-electron chi connectivity index (χ4n) is 2.20. The van der Waals surface area contributed by atoms with Crippen LogP contribution in [0.15, 0.2) is 18.2 Å². The molecule has 7 nitrogen and oxygen atoms in total. The molecule has 0 saturated carbocycles. The highest BCUT2D eigenvalue weighted by molar-refractivity contribution is 7.99. The fraction of sp³-hybridized carbons (Fsp3) is 0.429. The van der Waals surface area contributed by atoms with Gasteiger partial charge in [-0.1, -0.05) is 6.92 Å². The largest absolute Gasteiger partial charge is 0.322 e. The van der Waals surface area contributed by atoms with Crippen LogP contribution in [0.1, 0.15) is 19.8 Å². The first-order valence-electron chi connectivity index (χ1n) is 7.06. The Labute approximate surface area is 136 Å². The van der Waals surface area contributed by atoms with Crippen LogP contribution < -0.4 is 5.32 Å². The molecule has 0 radical (unpaired) electrons. The van der Waals surface area contributed by atoms with Crippen molar-refractivity contribution in [1.29, 1.82) is 0 Å². The maximum Gasteiger partial charge on any atom is 0.271 e. The molecule has 0 aliphatic carbocycles. The number of nitrogens with zero attached hydrogens (tertiary/aromatic N) is 2. The zero-order valence-electron chi connectivity index (χ0n) is 12.5. The summed E-state index contributed by atoms with van der Waals surface area (Å²) < 4.78 is 13.7. The summed E-state index contributed by atoms with van der Waals surface area (Å²) in [5, 5.41) is 13.1. The lowest BCUT2D eigenvalue weighted by atomic mass is 10.2. The summed E-state index contributed by atoms with van der Waals surface area (Å²) in [7, 11) is 0. The first-order chi connectivity index (χ1) is 10.9. The van der Waals surface area contributed by atoms with Crippen LogP contribution in [0.2, 0.25) is 0 Å². The van der Waals surface area contributed by atoms with E-state index in [1.54, 1.807) is 0 Å². The van der Waals surface area contributed by atoms with E-state index in [1.165, 1.54) is 16.7 Å². The molecule has 1 aromatic carbocycles. The molecule has 1 heterocycles. The third-order valence-electron chi connectivity index (χ3n) is 3.39. The Hall–Kier alpha value is -2.16. The van der Waals surface area contributed by atoms with Gasteiger partial charge in [0.15, 0.2) is 0 Å². The number of nitro benzene ring substituents is 1. The molecule has 1 aromatic rings. The average Bonchev–Trinajstić information content (AvgIpc) is 2.99. The molecule has 1 aliphatic rings. The van der Waals surface area contributed by atoms with Crippen molar-refractivity contribution >= 4 is 35.0 Å². The lowest BCUT2D eigenvalue weighted by molar-refractivity contribution is -0.384. The topological polar surface area (TPSA) is 92.6 Å². The normalized spacial score (nSPS) is 17.1. The predicted molar refractivity (Wildman–Crippen MR) is 84.6 cm³/mol. The molecule has 23 heavy (non-hydrogen) atoms. The van der Waals surface area contributed by atoms with Gasteiger partial charge in [0.2, 0.25) is 11.8 Å². The van der Waals surface area contributed by atoms with Gasteiger partial charge in [-0.2, -0.15) is 0 Å². The molecule has 1 saturated heterocycles. The second-order valence-corrected chi connectivity index (χ2v) is 6.04. The summed E-state index contributed by atoms with van der Waals surface area (Å²) in [6.07, 6.45) is 1.02. The number of hydrogen-bond donors (Lipinski definition) is 1. The van der Waals surface area contributed by atoms with Crippen molar-refractivity contribution < 1.29 is 18.9 Å². The molecule has 0 aromatic heterocycles. The van der Waals surface area contributed by atoms with Gasteiger partial charge in [0, 0.05) is 24.3 Å². The van der Waals surface area contributed by atoms with E-state index in [1.807, 2.05) is 6.92 Å². The molecule has 0 spiro atoms. The quantitative estimate of drug-likeness (QED) is 0.656. The highest BCUT2D eigenvalue weighted by Gasteiger charge is 2.34. The van der Waals surface area contributed by atoms with Gasteiger partial charge in [-0.25, -0.2) is 4.39 Å². The lowest BCUT2D eigenvalue weighted by Crippen LogP contribution is -2.44. The molecule has 0 unspecified atom stereocenters. The number of rotatable bonds is 5. The number of anilines is 1. The minimum atomic E-state index is -0.763. The van der Waals surface area contributed by atoms with E-state index in [9.17, 15) is 24.1 Å². The SMILES string of the molecule is CCCC(=O)N1CSC[C@H]1C(=O)Nc1cc([N+](=O)[O-])ccc1F. The van der Waals surface area contributed by atoms with E-state index >= 15 is 0 Å². The van der Waals surface area contributed by atoms with E-state index < -0.39 is 22.7 Å². The van der Waals surface area contributed by atoms with Crippen LogP contribution in [0, 0.1) is 15.9 Å². The molecule has 0 bridgehead atoms. The van der Waals surface area contributed by atoms with E-state index in [0.717, 1.165) is 18.2 Å². The fourth-order valence-corrected chi connectivity index (χ4v) is 3.38. The van der Waals surface area contributed by atoms with Crippen LogP contribution >= 0.6 is 11.8 Å². The Kier molecular flexibility index (Phi) is 5.54. The maximum atomic E-state index is 13.7. The van der Waals surface area contributed by atoms with Gasteiger partial charge >= 0.3 is 0 Å². The number of thioether (sulfide) groups is 1. The number of carbonyl (C=O) groups excluding carboxylic acids is 2. The second-order valence-electron chi connectivity index (χ2n) is 5.04. The number of non-ortho nitro benzene ring substituents is 1. The van der Waals surface area contributed by atoms with Gasteiger partial charge in [0.1, 0.15) is 11.9 Å². The standard InChI is InChI=1S/C14H16FN3O4S/c1-2-3-13(19)17-8-23-7-12(17)14(20)16-11-6-9(18(21)22)4-5-10(11)15/h4-6,12H,2-3,7-8H2,1H3,(H,16,20)/t12-/m0/s1. The summed E-state index contributed by atoms with van der Waals surface area (Å²) in [6.45, 7) is 1.87. The number of nitrogens with one attached hydrogen (secondary N) is 1. The van der Waals surface area contributed by atoms with Gasteiger partial charge in [0.05, 0.1) is 16.5 Å². The van der Waals surface area contributed by atoms with E-state index in [4.69, 9.17) is 0 Å². The van der Waals surface area contributed by atoms with Crippen LogP contribution in [-0.4, -0.2) is 39.3 Å². The minimum Gasteiger partial charge on any atom is -0.322 e. The third kappa shape index (κ3) is 3.98. The molecule has 9 heteroatoms. The molecule has 2 amide bonds. The average molecular weight is 341 g/mol. The van der Waals surface area contributed by atoms with Crippen molar-refractivity contribution in [2.75, 3.05) is 16.9 Å². The summed E-state index contributed by atoms with van der Waals surface area (Å²) in [5.41, 5.74) is -0.578. The molecule has 2 rings (SSSR count). The van der Waals surface area contributed by atoms with Crippen molar-refractivity contribution in [2.45, 2.75) is 25.8 Å². The van der Waals surface area contributed by atoms with Crippen molar-refractivity contribution in [3.63, 3.8) is 0 Å². The summed E-state index contributed by atoms with van der Waals surface area (Å²) in [5.74, 6) is -0.608. The Balaban J connectivity index is 2.13. The van der Waals surface area contributed by atoms with Crippen LogP contribution in [-0.2, 0) is 9.59 Å². The van der Waals surface area contributed by atoms with Gasteiger partial charge in [-0.15, -0.1) is 11.8 Å². The van der Waals surface area contributed by atoms with Crippen LogP contribution in [0.5, 0.6) is 0 Å². The lowest BCUT2D eigenvalue weighted by Gasteiger charge is -2.23. The first-order valence-corrected chi connectivity index (χ1v) is 8.21. The van der Waals surface area contributed by atoms with Gasteiger partial charge in [-0.05, 0) is 12.5 Å². The number of carbonyl (C=O) groups is 2. The molecule has 1 N–H and O–H groups in total. The Morgan fingerprint density at radius 1 is 1.52 bits per heavy atom. The van der Waals surface area contributed by atoms with E-state index in [0.29, 0.717) is 24.5 Å². The zero-order valence-corrected chi connectivity index (χ0v) is 13.3. The van der Waals surface area contributed by atoms with Crippen molar-refractivity contribution in [2.24, 2.45) is 0 Å². The Bertz CT molecular complexity index is 640. The van der Waals surface area contributed by atoms with Gasteiger partial charge in [0.25, 0.3) is 5.69 Å². The van der Waals surface area contributed by atoms with E-state index in [-0.39, 0.29) is 17.3 Å². The summed E-state index contributed by atoms with van der Waals surface area (Å²) >= 11 is 1.44. The van der Waals surface area contributed by atoms with E-state index in [2.05, 4.69) is 5.32 Å². The monoisotopic (exact) mass is 341 g/mol. The van der Waals surface area contributed by atoms with Crippen molar-refractivity contribution in [3.8, 4) is 0 Å².